The molecule has 0 saturated heterocycles. The van der Waals surface area contributed by atoms with Gasteiger partial charge < -0.3 is 4.74 Å². The Morgan fingerprint density at radius 2 is 2.05 bits per heavy atom. The van der Waals surface area contributed by atoms with E-state index in [4.69, 9.17) is 4.74 Å². The first kappa shape index (κ1) is 14.5. The standard InChI is InChI=1S/C15H18BrFO2/c1-14(2,3)19-13(18)15(6-7-15)9-10-8-11(16)4-5-12(10)17/h4-5,8H,6-7,9H2,1-3H3. The van der Waals surface area contributed by atoms with Gasteiger partial charge >= 0.3 is 5.97 Å². The molecule has 1 aromatic carbocycles. The van der Waals surface area contributed by atoms with Crippen LogP contribution < -0.4 is 0 Å². The molecular formula is C15H18BrFO2. The first-order chi connectivity index (χ1) is 8.72. The monoisotopic (exact) mass is 328 g/mol. The zero-order valence-electron chi connectivity index (χ0n) is 11.4. The molecule has 0 unspecified atom stereocenters. The smallest absolute Gasteiger partial charge is 0.312 e. The van der Waals surface area contributed by atoms with Crippen molar-refractivity contribution in [2.45, 2.75) is 45.6 Å². The van der Waals surface area contributed by atoms with Crippen molar-refractivity contribution in [2.75, 3.05) is 0 Å². The van der Waals surface area contributed by atoms with Gasteiger partial charge in [-0.15, -0.1) is 0 Å². The fourth-order valence-electron chi connectivity index (χ4n) is 2.03. The highest BCUT2D eigenvalue weighted by Gasteiger charge is 2.52. The summed E-state index contributed by atoms with van der Waals surface area (Å²) >= 11 is 3.33. The molecule has 4 heteroatoms. The number of hydrogen-bond donors (Lipinski definition) is 0. The number of benzene rings is 1. The number of carbonyl (C=O) groups is 1. The van der Waals surface area contributed by atoms with Crippen LogP contribution in [-0.2, 0) is 16.0 Å². The quantitative estimate of drug-likeness (QED) is 0.775. The van der Waals surface area contributed by atoms with Crippen molar-refractivity contribution in [3.63, 3.8) is 0 Å². The molecule has 2 rings (SSSR count). The van der Waals surface area contributed by atoms with E-state index >= 15 is 0 Å². The third kappa shape index (κ3) is 3.56. The van der Waals surface area contributed by atoms with Crippen LogP contribution in [0.3, 0.4) is 0 Å². The van der Waals surface area contributed by atoms with Gasteiger partial charge in [0.1, 0.15) is 11.4 Å². The topological polar surface area (TPSA) is 26.3 Å². The summed E-state index contributed by atoms with van der Waals surface area (Å²) in [6.07, 6.45) is 1.95. The number of rotatable bonds is 3. The lowest BCUT2D eigenvalue weighted by Crippen LogP contribution is -2.31. The Morgan fingerprint density at radius 1 is 1.42 bits per heavy atom. The predicted molar refractivity (Wildman–Crippen MR) is 75.3 cm³/mol. The molecule has 0 heterocycles. The Labute approximate surface area is 121 Å². The average molecular weight is 329 g/mol. The molecule has 1 fully saturated rings. The molecule has 0 atom stereocenters. The van der Waals surface area contributed by atoms with E-state index in [9.17, 15) is 9.18 Å². The molecule has 0 N–H and O–H groups in total. The molecular weight excluding hydrogens is 311 g/mol. The van der Waals surface area contributed by atoms with Crippen LogP contribution in [-0.4, -0.2) is 11.6 Å². The number of hydrogen-bond acceptors (Lipinski definition) is 2. The van der Waals surface area contributed by atoms with Crippen molar-refractivity contribution in [3.05, 3.63) is 34.1 Å². The molecule has 0 radical (unpaired) electrons. The molecule has 1 aromatic rings. The number of ether oxygens (including phenoxy) is 1. The van der Waals surface area contributed by atoms with Crippen molar-refractivity contribution in [2.24, 2.45) is 5.41 Å². The molecule has 0 spiro atoms. The van der Waals surface area contributed by atoms with Crippen LogP contribution in [0.15, 0.2) is 22.7 Å². The first-order valence-corrected chi connectivity index (χ1v) is 7.19. The average Bonchev–Trinajstić information content (AvgIpc) is 3.02. The highest BCUT2D eigenvalue weighted by Crippen LogP contribution is 2.50. The Morgan fingerprint density at radius 3 is 2.58 bits per heavy atom. The van der Waals surface area contributed by atoms with E-state index in [0.717, 1.165) is 17.3 Å². The van der Waals surface area contributed by atoms with Crippen LogP contribution in [0.2, 0.25) is 0 Å². The van der Waals surface area contributed by atoms with Gasteiger partial charge in [0, 0.05) is 4.47 Å². The van der Waals surface area contributed by atoms with Gasteiger partial charge in [0.25, 0.3) is 0 Å². The van der Waals surface area contributed by atoms with E-state index in [0.29, 0.717) is 12.0 Å². The van der Waals surface area contributed by atoms with Gasteiger partial charge in [0.15, 0.2) is 0 Å². The van der Waals surface area contributed by atoms with E-state index in [-0.39, 0.29) is 11.8 Å². The summed E-state index contributed by atoms with van der Waals surface area (Å²) in [5.74, 6) is -0.475. The first-order valence-electron chi connectivity index (χ1n) is 6.39. The van der Waals surface area contributed by atoms with Crippen molar-refractivity contribution in [1.29, 1.82) is 0 Å². The highest BCUT2D eigenvalue weighted by atomic mass is 79.9. The van der Waals surface area contributed by atoms with E-state index in [1.165, 1.54) is 6.07 Å². The van der Waals surface area contributed by atoms with Gasteiger partial charge in [0.2, 0.25) is 0 Å². The van der Waals surface area contributed by atoms with Crippen molar-refractivity contribution >= 4 is 21.9 Å². The molecule has 0 amide bonds. The number of carbonyl (C=O) groups excluding carboxylic acids is 1. The third-order valence-electron chi connectivity index (χ3n) is 3.22. The summed E-state index contributed by atoms with van der Waals surface area (Å²) in [5, 5.41) is 0. The van der Waals surface area contributed by atoms with Crippen molar-refractivity contribution < 1.29 is 13.9 Å². The highest BCUT2D eigenvalue weighted by molar-refractivity contribution is 9.10. The molecule has 0 bridgehead atoms. The molecule has 2 nitrogen and oxygen atoms in total. The Balaban J connectivity index is 2.14. The molecule has 1 saturated carbocycles. The zero-order valence-corrected chi connectivity index (χ0v) is 13.0. The van der Waals surface area contributed by atoms with Gasteiger partial charge in [-0.25, -0.2) is 4.39 Å². The normalized spacial score (nSPS) is 17.1. The Hall–Kier alpha value is -0.900. The molecule has 1 aliphatic rings. The zero-order chi connectivity index (χ0) is 14.3. The Bertz CT molecular complexity index is 501. The van der Waals surface area contributed by atoms with Gasteiger partial charge in [-0.1, -0.05) is 15.9 Å². The summed E-state index contributed by atoms with van der Waals surface area (Å²) < 4.78 is 20.0. The minimum absolute atomic E-state index is 0.209. The third-order valence-corrected chi connectivity index (χ3v) is 3.72. The maximum absolute atomic E-state index is 13.8. The molecule has 1 aliphatic carbocycles. The van der Waals surface area contributed by atoms with Crippen LogP contribution in [0.25, 0.3) is 0 Å². The molecule has 0 aromatic heterocycles. The maximum atomic E-state index is 13.8. The van der Waals surface area contributed by atoms with E-state index in [2.05, 4.69) is 15.9 Å². The fourth-order valence-corrected chi connectivity index (χ4v) is 2.44. The number of esters is 1. The second-order valence-electron chi connectivity index (χ2n) is 6.19. The van der Waals surface area contributed by atoms with Crippen LogP contribution in [0.5, 0.6) is 0 Å². The van der Waals surface area contributed by atoms with Crippen LogP contribution in [0, 0.1) is 11.2 Å². The predicted octanol–water partition coefficient (Wildman–Crippen LogP) is 4.25. The fraction of sp³-hybridized carbons (Fsp3) is 0.533. The van der Waals surface area contributed by atoms with E-state index in [1.54, 1.807) is 12.1 Å². The maximum Gasteiger partial charge on any atom is 0.312 e. The lowest BCUT2D eigenvalue weighted by atomic mass is 9.96. The van der Waals surface area contributed by atoms with E-state index in [1.807, 2.05) is 20.8 Å². The van der Waals surface area contributed by atoms with Gasteiger partial charge in [0.05, 0.1) is 5.41 Å². The lowest BCUT2D eigenvalue weighted by Gasteiger charge is -2.24. The van der Waals surface area contributed by atoms with Crippen LogP contribution in [0.4, 0.5) is 4.39 Å². The van der Waals surface area contributed by atoms with Crippen LogP contribution >= 0.6 is 15.9 Å². The van der Waals surface area contributed by atoms with Gasteiger partial charge in [-0.3, -0.25) is 4.79 Å². The Kier molecular flexibility index (Phi) is 3.74. The largest absolute Gasteiger partial charge is 0.460 e. The lowest BCUT2D eigenvalue weighted by molar-refractivity contribution is -0.161. The van der Waals surface area contributed by atoms with Crippen molar-refractivity contribution in [1.82, 2.24) is 0 Å². The number of halogens is 2. The summed E-state index contributed by atoms with van der Waals surface area (Å²) in [4.78, 5) is 12.2. The SMILES string of the molecule is CC(C)(C)OC(=O)C1(Cc2cc(Br)ccc2F)CC1. The summed E-state index contributed by atoms with van der Waals surface area (Å²) in [5.41, 5.74) is -0.449. The summed E-state index contributed by atoms with van der Waals surface area (Å²) in [6.45, 7) is 5.54. The minimum atomic E-state index is -0.519. The second kappa shape index (κ2) is 4.89. The molecule has 19 heavy (non-hydrogen) atoms. The van der Waals surface area contributed by atoms with Crippen molar-refractivity contribution in [3.8, 4) is 0 Å². The molecule has 104 valence electrons. The van der Waals surface area contributed by atoms with Crippen LogP contribution in [0.1, 0.15) is 39.2 Å². The van der Waals surface area contributed by atoms with E-state index < -0.39 is 11.0 Å². The minimum Gasteiger partial charge on any atom is -0.460 e. The van der Waals surface area contributed by atoms with Gasteiger partial charge in [-0.05, 0) is 63.8 Å². The summed E-state index contributed by atoms with van der Waals surface area (Å²) in [6, 6.07) is 4.82. The second-order valence-corrected chi connectivity index (χ2v) is 7.11. The molecule has 0 aliphatic heterocycles. The summed E-state index contributed by atoms with van der Waals surface area (Å²) in [7, 11) is 0. The van der Waals surface area contributed by atoms with Gasteiger partial charge in [-0.2, -0.15) is 0 Å².